The number of hydrogen-bond donors (Lipinski definition) is 2. The second-order valence-corrected chi connectivity index (χ2v) is 6.41. The first-order valence-corrected chi connectivity index (χ1v) is 8.73. The molecule has 0 spiro atoms. The first-order valence-electron chi connectivity index (χ1n) is 8.73. The quantitative estimate of drug-likeness (QED) is 0.789. The molecule has 1 aromatic rings. The largest absolute Gasteiger partial charge is 0.454 e. The highest BCUT2D eigenvalue weighted by molar-refractivity contribution is 5.94. The summed E-state index contributed by atoms with van der Waals surface area (Å²) in [6, 6.07) is 7.04. The summed E-state index contributed by atoms with van der Waals surface area (Å²) in [7, 11) is 0. The Hall–Kier alpha value is -2.57. The van der Waals surface area contributed by atoms with Crippen molar-refractivity contribution in [1.29, 1.82) is 0 Å². The lowest BCUT2D eigenvalue weighted by Gasteiger charge is -2.28. The van der Waals surface area contributed by atoms with Crippen LogP contribution in [0.25, 0.3) is 0 Å². The lowest BCUT2D eigenvalue weighted by molar-refractivity contribution is -0.149. The number of nitrogens with one attached hydrogen (secondary N) is 2. The lowest BCUT2D eigenvalue weighted by Crippen LogP contribution is -2.36. The fourth-order valence-electron chi connectivity index (χ4n) is 3.13. The summed E-state index contributed by atoms with van der Waals surface area (Å²) in [6.07, 6.45) is 4.44. The van der Waals surface area contributed by atoms with Crippen LogP contribution < -0.4 is 15.5 Å². The third-order valence-corrected chi connectivity index (χ3v) is 4.50. The van der Waals surface area contributed by atoms with E-state index in [0.717, 1.165) is 18.8 Å². The Morgan fingerprint density at radius 1 is 1.16 bits per heavy atom. The van der Waals surface area contributed by atoms with Gasteiger partial charge in [0.05, 0.1) is 0 Å². The average molecular weight is 345 g/mol. The fraction of sp³-hybridized carbons (Fsp3) is 0.500. The molecule has 7 heteroatoms. The van der Waals surface area contributed by atoms with Gasteiger partial charge in [0.1, 0.15) is 6.04 Å². The minimum atomic E-state index is -0.635. The lowest BCUT2D eigenvalue weighted by atomic mass is 10.1. The molecule has 0 aliphatic carbocycles. The van der Waals surface area contributed by atoms with Crippen molar-refractivity contribution >= 4 is 29.2 Å². The summed E-state index contributed by atoms with van der Waals surface area (Å²) in [4.78, 5) is 37.1. The molecule has 2 fully saturated rings. The van der Waals surface area contributed by atoms with Gasteiger partial charge in [0, 0.05) is 30.9 Å². The number of hydrogen-bond acceptors (Lipinski definition) is 5. The second-order valence-electron chi connectivity index (χ2n) is 6.41. The molecule has 1 aromatic carbocycles. The predicted molar refractivity (Wildman–Crippen MR) is 93.3 cm³/mol. The zero-order valence-corrected chi connectivity index (χ0v) is 14.1. The van der Waals surface area contributed by atoms with Crippen LogP contribution in [-0.2, 0) is 19.1 Å². The number of anilines is 2. The highest BCUT2D eigenvalue weighted by Gasteiger charge is 2.28. The van der Waals surface area contributed by atoms with Gasteiger partial charge in [0.2, 0.25) is 5.91 Å². The monoisotopic (exact) mass is 345 g/mol. The number of piperidine rings is 1. The third kappa shape index (κ3) is 4.71. The number of ether oxygens (including phenoxy) is 1. The van der Waals surface area contributed by atoms with Crippen LogP contribution in [0.1, 0.15) is 32.1 Å². The van der Waals surface area contributed by atoms with E-state index >= 15 is 0 Å². The van der Waals surface area contributed by atoms with Gasteiger partial charge in [-0.1, -0.05) is 0 Å². The molecule has 0 aromatic heterocycles. The van der Waals surface area contributed by atoms with Crippen molar-refractivity contribution in [2.45, 2.75) is 38.1 Å². The Bertz CT molecular complexity index is 638. The Kier molecular flexibility index (Phi) is 5.53. The van der Waals surface area contributed by atoms with E-state index < -0.39 is 17.9 Å². The number of amides is 2. The van der Waals surface area contributed by atoms with Crippen molar-refractivity contribution in [3.8, 4) is 0 Å². The van der Waals surface area contributed by atoms with Gasteiger partial charge in [0.15, 0.2) is 6.61 Å². The SMILES string of the molecule is O=C(COC(=O)[C@@H]1CCC(=O)N1)Nc1ccc(N2CCCCC2)cc1. The first-order chi connectivity index (χ1) is 12.1. The number of rotatable bonds is 5. The Morgan fingerprint density at radius 2 is 1.88 bits per heavy atom. The highest BCUT2D eigenvalue weighted by Crippen LogP contribution is 2.21. The zero-order valence-electron chi connectivity index (χ0n) is 14.1. The summed E-state index contributed by atoms with van der Waals surface area (Å²) >= 11 is 0. The van der Waals surface area contributed by atoms with Crippen LogP contribution in [0.3, 0.4) is 0 Å². The Morgan fingerprint density at radius 3 is 2.52 bits per heavy atom. The minimum absolute atomic E-state index is 0.166. The van der Waals surface area contributed by atoms with Gasteiger partial charge in [-0.2, -0.15) is 0 Å². The maximum atomic E-state index is 11.9. The smallest absolute Gasteiger partial charge is 0.329 e. The van der Waals surface area contributed by atoms with Gasteiger partial charge in [-0.05, 0) is 49.9 Å². The van der Waals surface area contributed by atoms with Gasteiger partial charge in [-0.25, -0.2) is 4.79 Å². The van der Waals surface area contributed by atoms with E-state index in [1.807, 2.05) is 24.3 Å². The number of benzene rings is 1. The molecule has 2 heterocycles. The van der Waals surface area contributed by atoms with E-state index in [9.17, 15) is 14.4 Å². The summed E-state index contributed by atoms with van der Waals surface area (Å²) < 4.78 is 4.95. The maximum absolute atomic E-state index is 11.9. The summed E-state index contributed by atoms with van der Waals surface area (Å²) in [5, 5.41) is 5.22. The fourth-order valence-corrected chi connectivity index (χ4v) is 3.13. The van der Waals surface area contributed by atoms with Crippen LogP contribution >= 0.6 is 0 Å². The molecule has 2 saturated heterocycles. The topological polar surface area (TPSA) is 87.7 Å². The van der Waals surface area contributed by atoms with Gasteiger partial charge < -0.3 is 20.3 Å². The zero-order chi connectivity index (χ0) is 17.6. The Labute approximate surface area is 146 Å². The molecule has 3 rings (SSSR count). The van der Waals surface area contributed by atoms with E-state index in [1.54, 1.807) is 0 Å². The molecule has 2 amide bonds. The standard InChI is InChI=1S/C18H23N3O4/c22-16-9-8-15(20-16)18(24)25-12-17(23)19-13-4-6-14(7-5-13)21-10-2-1-3-11-21/h4-7,15H,1-3,8-12H2,(H,19,23)(H,20,22)/t15-/m0/s1. The van der Waals surface area contributed by atoms with Gasteiger partial charge in [-0.3, -0.25) is 9.59 Å². The Balaban J connectivity index is 1.44. The third-order valence-electron chi connectivity index (χ3n) is 4.50. The number of carbonyl (C=O) groups excluding carboxylic acids is 3. The van der Waals surface area contributed by atoms with E-state index in [2.05, 4.69) is 15.5 Å². The normalized spacial score (nSPS) is 20.1. The van der Waals surface area contributed by atoms with E-state index in [0.29, 0.717) is 18.5 Å². The van der Waals surface area contributed by atoms with Gasteiger partial charge in [0.25, 0.3) is 5.91 Å². The molecule has 0 saturated carbocycles. The molecular formula is C18H23N3O4. The number of nitrogens with zero attached hydrogens (tertiary/aromatic N) is 1. The van der Waals surface area contributed by atoms with Crippen molar-refractivity contribution in [1.82, 2.24) is 5.32 Å². The van der Waals surface area contributed by atoms with E-state index in [1.165, 1.54) is 19.3 Å². The minimum Gasteiger partial charge on any atom is -0.454 e. The molecule has 2 N–H and O–H groups in total. The molecule has 2 aliphatic heterocycles. The predicted octanol–water partition coefficient (Wildman–Crippen LogP) is 1.44. The molecule has 1 atom stereocenters. The van der Waals surface area contributed by atoms with Crippen molar-refractivity contribution in [2.75, 3.05) is 29.9 Å². The van der Waals surface area contributed by atoms with Crippen LogP contribution in [0.5, 0.6) is 0 Å². The van der Waals surface area contributed by atoms with Crippen molar-refractivity contribution in [2.24, 2.45) is 0 Å². The molecule has 0 unspecified atom stereocenters. The van der Waals surface area contributed by atoms with Crippen LogP contribution in [0.15, 0.2) is 24.3 Å². The van der Waals surface area contributed by atoms with E-state index in [-0.39, 0.29) is 12.5 Å². The second kappa shape index (κ2) is 8.00. The van der Waals surface area contributed by atoms with E-state index in [4.69, 9.17) is 4.74 Å². The summed E-state index contributed by atoms with van der Waals surface area (Å²) in [6.45, 7) is 1.78. The molecule has 134 valence electrons. The maximum Gasteiger partial charge on any atom is 0.329 e. The van der Waals surface area contributed by atoms with Crippen molar-refractivity contribution in [3.63, 3.8) is 0 Å². The van der Waals surface area contributed by atoms with Crippen molar-refractivity contribution < 1.29 is 19.1 Å². The molecule has 0 bridgehead atoms. The number of carbonyl (C=O) groups is 3. The summed E-state index contributed by atoms with van der Waals surface area (Å²) in [5.41, 5.74) is 1.82. The van der Waals surface area contributed by atoms with Gasteiger partial charge >= 0.3 is 5.97 Å². The molecule has 2 aliphatic rings. The van der Waals surface area contributed by atoms with Crippen LogP contribution in [0, 0.1) is 0 Å². The number of esters is 1. The van der Waals surface area contributed by atoms with Crippen LogP contribution in [0.4, 0.5) is 11.4 Å². The van der Waals surface area contributed by atoms with Crippen molar-refractivity contribution in [3.05, 3.63) is 24.3 Å². The molecule has 0 radical (unpaired) electrons. The summed E-state index contributed by atoms with van der Waals surface area (Å²) in [5.74, 6) is -1.13. The van der Waals surface area contributed by atoms with Gasteiger partial charge in [-0.15, -0.1) is 0 Å². The average Bonchev–Trinajstić information content (AvgIpc) is 3.08. The molecular weight excluding hydrogens is 322 g/mol. The molecule has 7 nitrogen and oxygen atoms in total. The molecule has 25 heavy (non-hydrogen) atoms. The first kappa shape index (κ1) is 17.3. The van der Waals surface area contributed by atoms with Crippen LogP contribution in [-0.4, -0.2) is 43.5 Å². The van der Waals surface area contributed by atoms with Crippen LogP contribution in [0.2, 0.25) is 0 Å². The highest BCUT2D eigenvalue weighted by atomic mass is 16.5.